The van der Waals surface area contributed by atoms with E-state index in [4.69, 9.17) is 4.74 Å². The third-order valence-corrected chi connectivity index (χ3v) is 7.96. The van der Waals surface area contributed by atoms with Crippen LogP contribution in [-0.4, -0.2) is 45.8 Å². The summed E-state index contributed by atoms with van der Waals surface area (Å²) in [6, 6.07) is 0. The molecule has 2 unspecified atom stereocenters. The van der Waals surface area contributed by atoms with Gasteiger partial charge in [-0.2, -0.15) is 0 Å². The van der Waals surface area contributed by atoms with Gasteiger partial charge in [0.15, 0.2) is 0 Å². The van der Waals surface area contributed by atoms with Gasteiger partial charge < -0.3 is 20.1 Å². The van der Waals surface area contributed by atoms with Gasteiger partial charge >= 0.3 is 0 Å². The van der Waals surface area contributed by atoms with Crippen molar-refractivity contribution >= 4 is 0 Å². The molecule has 3 aliphatic carbocycles. The molecule has 0 aromatic carbocycles. The van der Waals surface area contributed by atoms with E-state index in [0.717, 1.165) is 17.6 Å². The lowest BCUT2D eigenvalue weighted by Crippen LogP contribution is -2.39. The van der Waals surface area contributed by atoms with Crippen LogP contribution in [0, 0.1) is 17.3 Å². The van der Waals surface area contributed by atoms with Crippen LogP contribution >= 0.6 is 0 Å². The first-order chi connectivity index (χ1) is 14.0. The molecule has 0 heterocycles. The summed E-state index contributed by atoms with van der Waals surface area (Å²) in [4.78, 5) is 0. The lowest BCUT2D eigenvalue weighted by atomic mass is 9.62. The fourth-order valence-corrected chi connectivity index (χ4v) is 6.13. The highest BCUT2D eigenvalue weighted by molar-refractivity contribution is 5.38. The number of aliphatic hydroxyl groups excluding tert-OH is 2. The van der Waals surface area contributed by atoms with Gasteiger partial charge in [0.05, 0.1) is 23.9 Å². The summed E-state index contributed by atoms with van der Waals surface area (Å²) in [5.74, 6) is 1.11. The predicted molar refractivity (Wildman–Crippen MR) is 121 cm³/mol. The summed E-state index contributed by atoms with van der Waals surface area (Å²) in [5, 5.41) is 30.1. The van der Waals surface area contributed by atoms with Gasteiger partial charge in [-0.3, -0.25) is 0 Å². The Labute approximate surface area is 182 Å². The molecule has 3 saturated carbocycles. The minimum Gasteiger partial charge on any atom is -0.393 e. The summed E-state index contributed by atoms with van der Waals surface area (Å²) < 4.78 is 6.19. The van der Waals surface area contributed by atoms with Crippen molar-refractivity contribution in [1.82, 2.24) is 0 Å². The van der Waals surface area contributed by atoms with Crippen LogP contribution < -0.4 is 0 Å². The third kappa shape index (κ3) is 5.27. The molecule has 0 radical (unpaired) electrons. The Morgan fingerprint density at radius 3 is 2.70 bits per heavy atom. The monoisotopic (exact) mass is 418 g/mol. The van der Waals surface area contributed by atoms with E-state index in [1.807, 2.05) is 13.8 Å². The van der Waals surface area contributed by atoms with Crippen molar-refractivity contribution in [3.63, 3.8) is 0 Å². The van der Waals surface area contributed by atoms with Crippen molar-refractivity contribution in [2.75, 3.05) is 6.61 Å². The molecule has 3 aliphatic rings. The maximum atomic E-state index is 10.1. The van der Waals surface area contributed by atoms with E-state index in [9.17, 15) is 15.3 Å². The Morgan fingerprint density at radius 1 is 1.27 bits per heavy atom. The van der Waals surface area contributed by atoms with Gasteiger partial charge in [-0.1, -0.05) is 31.2 Å². The van der Waals surface area contributed by atoms with Gasteiger partial charge in [-0.05, 0) is 94.1 Å². The molecule has 0 spiro atoms. The van der Waals surface area contributed by atoms with E-state index < -0.39 is 17.8 Å². The van der Waals surface area contributed by atoms with Crippen molar-refractivity contribution in [3.05, 3.63) is 35.5 Å². The zero-order chi connectivity index (χ0) is 22.1. The molecule has 0 aromatic heterocycles. The van der Waals surface area contributed by atoms with Gasteiger partial charge in [0.2, 0.25) is 0 Å². The maximum Gasteiger partial charge on any atom is 0.0811 e. The Morgan fingerprint density at radius 2 is 2.00 bits per heavy atom. The van der Waals surface area contributed by atoms with Gasteiger partial charge in [0.1, 0.15) is 0 Å². The van der Waals surface area contributed by atoms with Crippen molar-refractivity contribution < 1.29 is 20.1 Å². The van der Waals surface area contributed by atoms with Crippen LogP contribution in [0.25, 0.3) is 0 Å². The summed E-state index contributed by atoms with van der Waals surface area (Å²) in [6.07, 6.45) is 11.0. The molecule has 0 aliphatic heterocycles. The molecule has 3 N–H and O–H groups in total. The summed E-state index contributed by atoms with van der Waals surface area (Å²) in [5.41, 5.74) is 2.82. The lowest BCUT2D eigenvalue weighted by molar-refractivity contribution is -0.0454. The maximum absolute atomic E-state index is 10.1. The first kappa shape index (κ1) is 23.7. The molecule has 3 fully saturated rings. The zero-order valence-electron chi connectivity index (χ0n) is 19.4. The largest absolute Gasteiger partial charge is 0.393 e. The summed E-state index contributed by atoms with van der Waals surface area (Å²) >= 11 is 0. The standard InChI is InChI=1S/C26H42O4/c1-17-20(15-21(27)16-24(17)28)9-8-19-7-6-12-26(5)22(10-11-23(19)26)18(2)30-14-13-25(3,4)29/h8-9,18,21-24,27-29H,1,6-7,10-16H2,2-5H3/t18-,21+,22+,23?,24?,26+/m0/s1. The van der Waals surface area contributed by atoms with Crippen molar-refractivity contribution in [2.45, 2.75) is 103 Å². The van der Waals surface area contributed by atoms with Crippen LogP contribution in [-0.2, 0) is 4.74 Å². The van der Waals surface area contributed by atoms with Gasteiger partial charge in [-0.15, -0.1) is 0 Å². The molecular formula is C26H42O4. The summed E-state index contributed by atoms with van der Waals surface area (Å²) in [6.45, 7) is 13.0. The van der Waals surface area contributed by atoms with E-state index >= 15 is 0 Å². The van der Waals surface area contributed by atoms with E-state index in [-0.39, 0.29) is 11.5 Å². The first-order valence-corrected chi connectivity index (χ1v) is 11.8. The topological polar surface area (TPSA) is 69.9 Å². The molecule has 0 amide bonds. The van der Waals surface area contributed by atoms with E-state index in [2.05, 4.69) is 32.6 Å². The predicted octanol–water partition coefficient (Wildman–Crippen LogP) is 4.69. The second-order valence-electron chi connectivity index (χ2n) is 10.8. The number of hydrogen-bond acceptors (Lipinski definition) is 4. The van der Waals surface area contributed by atoms with Crippen LogP contribution in [0.3, 0.4) is 0 Å². The summed E-state index contributed by atoms with van der Waals surface area (Å²) in [7, 11) is 0. The molecule has 30 heavy (non-hydrogen) atoms. The highest BCUT2D eigenvalue weighted by Gasteiger charge is 2.51. The Hall–Kier alpha value is -0.940. The number of fused-ring (bicyclic) bond motifs is 1. The Bertz CT molecular complexity index is 686. The van der Waals surface area contributed by atoms with E-state index in [0.29, 0.717) is 37.7 Å². The Balaban J connectivity index is 1.70. The van der Waals surface area contributed by atoms with Crippen LogP contribution in [0.1, 0.15) is 79.1 Å². The minimum atomic E-state index is -0.680. The van der Waals surface area contributed by atoms with Gasteiger partial charge in [-0.25, -0.2) is 0 Å². The normalized spacial score (nSPS) is 38.8. The fraction of sp³-hybridized carbons (Fsp3) is 0.769. The molecular weight excluding hydrogens is 376 g/mol. The molecule has 0 saturated heterocycles. The molecule has 3 rings (SSSR count). The first-order valence-electron chi connectivity index (χ1n) is 11.8. The van der Waals surface area contributed by atoms with Crippen LogP contribution in [0.5, 0.6) is 0 Å². The van der Waals surface area contributed by atoms with Crippen LogP contribution in [0.15, 0.2) is 35.5 Å². The second-order valence-corrected chi connectivity index (χ2v) is 10.8. The quantitative estimate of drug-likeness (QED) is 0.585. The van der Waals surface area contributed by atoms with Crippen molar-refractivity contribution in [3.8, 4) is 0 Å². The molecule has 6 atom stereocenters. The van der Waals surface area contributed by atoms with Crippen LogP contribution in [0.4, 0.5) is 0 Å². The van der Waals surface area contributed by atoms with Crippen molar-refractivity contribution in [1.29, 1.82) is 0 Å². The minimum absolute atomic E-state index is 0.198. The highest BCUT2D eigenvalue weighted by Crippen LogP contribution is 2.58. The molecule has 4 heteroatoms. The van der Waals surface area contributed by atoms with E-state index in [1.165, 1.54) is 31.3 Å². The average Bonchev–Trinajstić information content (AvgIpc) is 3.00. The molecule has 0 bridgehead atoms. The van der Waals surface area contributed by atoms with Crippen LogP contribution in [0.2, 0.25) is 0 Å². The highest BCUT2D eigenvalue weighted by atomic mass is 16.5. The number of hydrogen-bond donors (Lipinski definition) is 3. The van der Waals surface area contributed by atoms with E-state index in [1.54, 1.807) is 0 Å². The third-order valence-electron chi connectivity index (χ3n) is 7.96. The lowest BCUT2D eigenvalue weighted by Gasteiger charge is -2.44. The second kappa shape index (κ2) is 9.28. The Kier molecular flexibility index (Phi) is 7.33. The zero-order valence-corrected chi connectivity index (χ0v) is 19.4. The number of rotatable bonds is 6. The average molecular weight is 419 g/mol. The smallest absolute Gasteiger partial charge is 0.0811 e. The number of ether oxygens (including phenoxy) is 1. The number of aliphatic hydroxyl groups is 3. The fourth-order valence-electron chi connectivity index (χ4n) is 6.13. The van der Waals surface area contributed by atoms with Gasteiger partial charge in [0, 0.05) is 13.0 Å². The molecule has 170 valence electrons. The van der Waals surface area contributed by atoms with Crippen molar-refractivity contribution in [2.24, 2.45) is 17.3 Å². The SMILES string of the molecule is C=C1C(=CC=C2CCC[C@@]3(C)C2CC[C@@H]3[C@H](C)OCCC(C)(C)O)C[C@@H](O)CC1O. The number of allylic oxidation sites excluding steroid dienone is 3. The molecule has 0 aromatic rings. The molecule has 4 nitrogen and oxygen atoms in total. The van der Waals surface area contributed by atoms with Gasteiger partial charge in [0.25, 0.3) is 0 Å².